The monoisotopic (exact) mass is 410 g/mol. The van der Waals surface area contributed by atoms with Gasteiger partial charge in [0.15, 0.2) is 0 Å². The van der Waals surface area contributed by atoms with E-state index in [0.29, 0.717) is 13.0 Å². The highest BCUT2D eigenvalue weighted by atomic mass is 16.5. The molecule has 0 aromatic rings. The first-order valence-electron chi connectivity index (χ1n) is 12.1. The summed E-state index contributed by atoms with van der Waals surface area (Å²) >= 11 is 0. The van der Waals surface area contributed by atoms with Crippen molar-refractivity contribution in [2.45, 2.75) is 123 Å². The highest BCUT2D eigenvalue weighted by Gasteiger charge is 2.21. The lowest BCUT2D eigenvalue weighted by molar-refractivity contribution is -0.151. The lowest BCUT2D eigenvalue weighted by Crippen LogP contribution is -2.19. The summed E-state index contributed by atoms with van der Waals surface area (Å²) in [6.45, 7) is 4.55. The summed E-state index contributed by atoms with van der Waals surface area (Å²) in [5.74, 6) is -1.86. The minimum Gasteiger partial charge on any atom is -0.481 e. The molecular weight excluding hydrogens is 364 g/mol. The molecule has 1 unspecified atom stereocenters. The molecule has 0 aromatic carbocycles. The van der Waals surface area contributed by atoms with Gasteiger partial charge < -0.3 is 9.84 Å². The third-order valence-corrected chi connectivity index (χ3v) is 5.29. The first-order valence-corrected chi connectivity index (χ1v) is 12.1. The van der Waals surface area contributed by atoms with Gasteiger partial charge in [0.05, 0.1) is 18.9 Å². The number of aliphatic carboxylic acids is 1. The summed E-state index contributed by atoms with van der Waals surface area (Å²) in [6.07, 6.45) is 23.3. The maximum Gasteiger partial charge on any atom is 0.307 e. The summed E-state index contributed by atoms with van der Waals surface area (Å²) in [6, 6.07) is 0. The van der Waals surface area contributed by atoms with Crippen molar-refractivity contribution in [3.63, 3.8) is 0 Å². The molecule has 4 nitrogen and oxygen atoms in total. The van der Waals surface area contributed by atoms with Crippen LogP contribution in [0, 0.1) is 5.92 Å². The molecule has 1 N–H and O–H groups in total. The van der Waals surface area contributed by atoms with E-state index in [1.807, 2.05) is 6.92 Å². The number of ether oxygens (including phenoxy) is 1. The summed E-state index contributed by atoms with van der Waals surface area (Å²) in [4.78, 5) is 22.9. The average Bonchev–Trinajstić information content (AvgIpc) is 2.70. The maximum atomic E-state index is 11.6. The first kappa shape index (κ1) is 27.7. The highest BCUT2D eigenvalue weighted by molar-refractivity contribution is 5.78. The van der Waals surface area contributed by atoms with E-state index in [1.54, 1.807) is 0 Å². The minimum absolute atomic E-state index is 0.00324. The molecule has 0 aliphatic rings. The standard InChI is InChI=1S/C25H46O4/c1-3-5-6-7-8-9-10-11-12-13-14-15-16-17-18-19-20-23(25(27)28)22-24(26)29-21-4-2/h8-9,23H,3-7,10-22H2,1-2H3,(H,27,28)/b9-8+. The van der Waals surface area contributed by atoms with Crippen molar-refractivity contribution in [2.24, 2.45) is 5.92 Å². The molecule has 0 amide bonds. The van der Waals surface area contributed by atoms with Crippen molar-refractivity contribution in [3.05, 3.63) is 12.2 Å². The van der Waals surface area contributed by atoms with Crippen LogP contribution in [-0.4, -0.2) is 23.7 Å². The van der Waals surface area contributed by atoms with Gasteiger partial charge in [0.1, 0.15) is 0 Å². The smallest absolute Gasteiger partial charge is 0.307 e. The molecule has 0 fully saturated rings. The van der Waals surface area contributed by atoms with Crippen LogP contribution in [0.25, 0.3) is 0 Å². The van der Waals surface area contributed by atoms with E-state index in [4.69, 9.17) is 4.74 Å². The Morgan fingerprint density at radius 2 is 1.28 bits per heavy atom. The Bertz CT molecular complexity index is 417. The van der Waals surface area contributed by atoms with Gasteiger partial charge in [-0.05, 0) is 38.5 Å². The Morgan fingerprint density at radius 3 is 1.79 bits per heavy atom. The zero-order chi connectivity index (χ0) is 21.6. The van der Waals surface area contributed by atoms with Gasteiger partial charge in [-0.3, -0.25) is 9.59 Å². The van der Waals surface area contributed by atoms with Gasteiger partial charge in [-0.25, -0.2) is 0 Å². The van der Waals surface area contributed by atoms with E-state index in [1.165, 1.54) is 70.6 Å². The van der Waals surface area contributed by atoms with Crippen LogP contribution in [0.5, 0.6) is 0 Å². The van der Waals surface area contributed by atoms with E-state index >= 15 is 0 Å². The van der Waals surface area contributed by atoms with Crippen LogP contribution >= 0.6 is 0 Å². The van der Waals surface area contributed by atoms with Gasteiger partial charge in [-0.15, -0.1) is 0 Å². The number of esters is 1. The number of hydrogen-bond acceptors (Lipinski definition) is 3. The van der Waals surface area contributed by atoms with Crippen LogP contribution in [0.4, 0.5) is 0 Å². The molecule has 0 aromatic heterocycles. The first-order chi connectivity index (χ1) is 14.1. The Kier molecular flexibility index (Phi) is 20.4. The van der Waals surface area contributed by atoms with Crippen LogP contribution in [0.15, 0.2) is 12.2 Å². The van der Waals surface area contributed by atoms with E-state index < -0.39 is 11.9 Å². The molecule has 1 atom stereocenters. The number of carbonyl (C=O) groups is 2. The Labute approximate surface area is 179 Å². The van der Waals surface area contributed by atoms with Crippen LogP contribution in [0.2, 0.25) is 0 Å². The molecule has 0 saturated carbocycles. The third-order valence-electron chi connectivity index (χ3n) is 5.29. The molecular formula is C25H46O4. The molecule has 0 saturated heterocycles. The largest absolute Gasteiger partial charge is 0.481 e. The quantitative estimate of drug-likeness (QED) is 0.121. The summed E-state index contributed by atoms with van der Waals surface area (Å²) in [5, 5.41) is 9.26. The Hall–Kier alpha value is -1.32. The van der Waals surface area contributed by atoms with Gasteiger partial charge in [0.2, 0.25) is 0 Å². The molecule has 0 heterocycles. The topological polar surface area (TPSA) is 63.6 Å². The summed E-state index contributed by atoms with van der Waals surface area (Å²) in [5.41, 5.74) is 0. The number of carbonyl (C=O) groups excluding carboxylic acids is 1. The molecule has 29 heavy (non-hydrogen) atoms. The SMILES string of the molecule is CCCCC/C=C/CCCCCCCCCCCC(CC(=O)OCCC)C(=O)O. The second kappa shape index (κ2) is 21.4. The second-order valence-electron chi connectivity index (χ2n) is 8.19. The fourth-order valence-corrected chi connectivity index (χ4v) is 3.43. The van der Waals surface area contributed by atoms with Crippen LogP contribution in [0.3, 0.4) is 0 Å². The fourth-order valence-electron chi connectivity index (χ4n) is 3.43. The third kappa shape index (κ3) is 19.8. The number of rotatable bonds is 21. The molecule has 0 bridgehead atoms. The van der Waals surface area contributed by atoms with Crippen molar-refractivity contribution in [1.29, 1.82) is 0 Å². The predicted octanol–water partition coefficient (Wildman–Crippen LogP) is 7.46. The lowest BCUT2D eigenvalue weighted by atomic mass is 9.97. The average molecular weight is 411 g/mol. The number of unbranched alkanes of at least 4 members (excludes halogenated alkanes) is 12. The van der Waals surface area contributed by atoms with Crippen molar-refractivity contribution in [2.75, 3.05) is 6.61 Å². The maximum absolute atomic E-state index is 11.6. The van der Waals surface area contributed by atoms with Crippen LogP contribution in [-0.2, 0) is 14.3 Å². The number of allylic oxidation sites excluding steroid dienone is 2. The second-order valence-corrected chi connectivity index (χ2v) is 8.19. The van der Waals surface area contributed by atoms with E-state index in [2.05, 4.69) is 19.1 Å². The van der Waals surface area contributed by atoms with E-state index in [9.17, 15) is 14.7 Å². The summed E-state index contributed by atoms with van der Waals surface area (Å²) < 4.78 is 5.00. The van der Waals surface area contributed by atoms with E-state index in [0.717, 1.165) is 25.7 Å². The highest BCUT2D eigenvalue weighted by Crippen LogP contribution is 2.17. The number of hydrogen-bond donors (Lipinski definition) is 1. The van der Waals surface area contributed by atoms with Gasteiger partial charge in [-0.2, -0.15) is 0 Å². The zero-order valence-corrected chi connectivity index (χ0v) is 19.1. The van der Waals surface area contributed by atoms with Gasteiger partial charge in [0.25, 0.3) is 0 Å². The molecule has 0 aliphatic carbocycles. The molecule has 170 valence electrons. The van der Waals surface area contributed by atoms with Gasteiger partial charge in [-0.1, -0.05) is 90.2 Å². The summed E-state index contributed by atoms with van der Waals surface area (Å²) in [7, 11) is 0. The molecule has 0 rings (SSSR count). The Balaban J connectivity index is 3.48. The molecule has 0 aliphatic heterocycles. The van der Waals surface area contributed by atoms with Crippen LogP contribution < -0.4 is 0 Å². The van der Waals surface area contributed by atoms with Crippen molar-refractivity contribution in [1.82, 2.24) is 0 Å². The van der Waals surface area contributed by atoms with Gasteiger partial charge >= 0.3 is 11.9 Å². The number of carboxylic acid groups (broad SMARTS) is 1. The van der Waals surface area contributed by atoms with Crippen molar-refractivity contribution in [3.8, 4) is 0 Å². The lowest BCUT2D eigenvalue weighted by Gasteiger charge is -2.11. The minimum atomic E-state index is -0.880. The Morgan fingerprint density at radius 1 is 0.759 bits per heavy atom. The van der Waals surface area contributed by atoms with E-state index in [-0.39, 0.29) is 12.4 Å². The van der Waals surface area contributed by atoms with Gasteiger partial charge in [0, 0.05) is 0 Å². The molecule has 0 spiro atoms. The normalized spacial score (nSPS) is 12.3. The fraction of sp³-hybridized carbons (Fsp3) is 0.840. The number of carboxylic acids is 1. The molecule has 4 heteroatoms. The van der Waals surface area contributed by atoms with Crippen molar-refractivity contribution < 1.29 is 19.4 Å². The zero-order valence-electron chi connectivity index (χ0n) is 19.1. The predicted molar refractivity (Wildman–Crippen MR) is 121 cm³/mol. The van der Waals surface area contributed by atoms with Crippen LogP contribution in [0.1, 0.15) is 123 Å². The molecule has 0 radical (unpaired) electrons. The van der Waals surface area contributed by atoms with Crippen molar-refractivity contribution >= 4 is 11.9 Å².